The zero-order valence-electron chi connectivity index (χ0n) is 10.5. The van der Waals surface area contributed by atoms with Crippen molar-refractivity contribution < 1.29 is 5.11 Å². The predicted molar refractivity (Wildman–Crippen MR) is 72.5 cm³/mol. The van der Waals surface area contributed by atoms with Crippen LogP contribution in [-0.2, 0) is 0 Å². The summed E-state index contributed by atoms with van der Waals surface area (Å²) < 4.78 is 0. The van der Waals surface area contributed by atoms with Gasteiger partial charge in [-0.1, -0.05) is 31.4 Å². The Kier molecular flexibility index (Phi) is 3.92. The largest absolute Gasteiger partial charge is 0.392 e. The molecule has 1 saturated carbocycles. The molecule has 2 rings (SSSR count). The quantitative estimate of drug-likeness (QED) is 0.732. The molecule has 5 nitrogen and oxygen atoms in total. The molecular formula is C12H19ClN4O. The summed E-state index contributed by atoms with van der Waals surface area (Å²) in [4.78, 5) is 7.87. The number of nitrogens with zero attached hydrogens (tertiary/aromatic N) is 2. The molecule has 100 valence electrons. The number of nitrogens with one attached hydrogen (secondary N) is 1. The molecular weight excluding hydrogens is 252 g/mol. The molecule has 0 aromatic carbocycles. The molecule has 6 heteroatoms. The van der Waals surface area contributed by atoms with E-state index in [1.165, 1.54) is 0 Å². The lowest BCUT2D eigenvalue weighted by Crippen LogP contribution is -2.41. The fourth-order valence-electron chi connectivity index (χ4n) is 2.41. The van der Waals surface area contributed by atoms with Gasteiger partial charge in [0.1, 0.15) is 11.0 Å². The van der Waals surface area contributed by atoms with E-state index in [0.29, 0.717) is 17.5 Å². The van der Waals surface area contributed by atoms with Crippen LogP contribution in [0.4, 0.5) is 11.8 Å². The van der Waals surface area contributed by atoms with Crippen molar-refractivity contribution in [1.82, 2.24) is 9.97 Å². The lowest BCUT2D eigenvalue weighted by Gasteiger charge is -2.38. The average Bonchev–Trinajstić information content (AvgIpc) is 2.30. The first-order valence-corrected chi connectivity index (χ1v) is 6.59. The Morgan fingerprint density at radius 2 is 2.33 bits per heavy atom. The first-order chi connectivity index (χ1) is 8.49. The summed E-state index contributed by atoms with van der Waals surface area (Å²) in [6, 6.07) is 1.64. The van der Waals surface area contributed by atoms with Gasteiger partial charge in [0, 0.05) is 18.0 Å². The second-order valence-electron chi connectivity index (χ2n) is 5.20. The molecule has 1 heterocycles. The van der Waals surface area contributed by atoms with E-state index in [1.54, 1.807) is 6.07 Å². The normalized spacial score (nSPS) is 28.1. The van der Waals surface area contributed by atoms with Gasteiger partial charge in [0.15, 0.2) is 0 Å². The molecule has 4 N–H and O–H groups in total. The molecule has 0 spiro atoms. The number of nitrogens with two attached hydrogens (primary N) is 1. The van der Waals surface area contributed by atoms with E-state index in [4.69, 9.17) is 17.3 Å². The number of nitrogen functional groups attached to an aromatic ring is 1. The lowest BCUT2D eigenvalue weighted by molar-refractivity contribution is 0.00958. The van der Waals surface area contributed by atoms with E-state index in [2.05, 4.69) is 22.2 Å². The summed E-state index contributed by atoms with van der Waals surface area (Å²) in [5.74, 6) is 0.755. The van der Waals surface area contributed by atoms with Gasteiger partial charge < -0.3 is 16.2 Å². The summed E-state index contributed by atoms with van der Waals surface area (Å²) in [6.07, 6.45) is 3.86. The highest BCUT2D eigenvalue weighted by Gasteiger charge is 2.35. The van der Waals surface area contributed by atoms with Crippen LogP contribution >= 0.6 is 11.6 Å². The van der Waals surface area contributed by atoms with Crippen molar-refractivity contribution in [3.8, 4) is 0 Å². The van der Waals surface area contributed by atoms with Crippen LogP contribution in [0.1, 0.15) is 32.6 Å². The summed E-state index contributed by atoms with van der Waals surface area (Å²) in [5, 5.41) is 13.6. The summed E-state index contributed by atoms with van der Waals surface area (Å²) in [7, 11) is 0. The highest BCUT2D eigenvalue weighted by Crippen LogP contribution is 2.36. The summed E-state index contributed by atoms with van der Waals surface area (Å²) >= 11 is 5.81. The van der Waals surface area contributed by atoms with Crippen LogP contribution in [0.25, 0.3) is 0 Å². The van der Waals surface area contributed by atoms with Gasteiger partial charge in [0.05, 0.1) is 6.10 Å². The first kappa shape index (κ1) is 13.4. The second-order valence-corrected chi connectivity index (χ2v) is 5.59. The van der Waals surface area contributed by atoms with E-state index in [9.17, 15) is 5.11 Å². The Labute approximate surface area is 112 Å². The van der Waals surface area contributed by atoms with Gasteiger partial charge in [-0.15, -0.1) is 0 Å². The maximum atomic E-state index is 10.1. The van der Waals surface area contributed by atoms with Gasteiger partial charge in [-0.3, -0.25) is 0 Å². The fraction of sp³-hybridized carbons (Fsp3) is 0.667. The standard InChI is InChI=1S/C12H19ClN4O/c1-12(5-3-2-4-8(12)18)7-15-10-6-9(13)16-11(14)17-10/h6,8,18H,2-5,7H2,1H3,(H3,14,15,16,17). The van der Waals surface area contributed by atoms with Gasteiger partial charge >= 0.3 is 0 Å². The molecule has 1 aromatic heterocycles. The molecule has 1 aromatic rings. The van der Waals surface area contributed by atoms with Crippen molar-refractivity contribution in [3.05, 3.63) is 11.2 Å². The van der Waals surface area contributed by atoms with E-state index < -0.39 is 0 Å². The molecule has 1 fully saturated rings. The van der Waals surface area contributed by atoms with Gasteiger partial charge in [-0.2, -0.15) is 4.98 Å². The number of halogens is 1. The Morgan fingerprint density at radius 3 is 3.00 bits per heavy atom. The van der Waals surface area contributed by atoms with E-state index in [0.717, 1.165) is 25.7 Å². The first-order valence-electron chi connectivity index (χ1n) is 6.22. The smallest absolute Gasteiger partial charge is 0.223 e. The van der Waals surface area contributed by atoms with Gasteiger partial charge in [0.25, 0.3) is 0 Å². The highest BCUT2D eigenvalue weighted by molar-refractivity contribution is 6.29. The van der Waals surface area contributed by atoms with Crippen LogP contribution < -0.4 is 11.1 Å². The minimum Gasteiger partial charge on any atom is -0.392 e. The lowest BCUT2D eigenvalue weighted by atomic mass is 9.73. The molecule has 2 unspecified atom stereocenters. The van der Waals surface area contributed by atoms with Crippen molar-refractivity contribution in [2.75, 3.05) is 17.6 Å². The maximum absolute atomic E-state index is 10.1. The number of hydrogen-bond donors (Lipinski definition) is 3. The minimum absolute atomic E-state index is 0.121. The fourth-order valence-corrected chi connectivity index (χ4v) is 2.60. The topological polar surface area (TPSA) is 84.1 Å². The number of aliphatic hydroxyl groups excluding tert-OH is 1. The van der Waals surface area contributed by atoms with Crippen molar-refractivity contribution in [2.45, 2.75) is 38.7 Å². The third kappa shape index (κ3) is 3.03. The number of rotatable bonds is 3. The SMILES string of the molecule is CC1(CNc2cc(Cl)nc(N)n2)CCCCC1O. The zero-order chi connectivity index (χ0) is 13.2. The minimum atomic E-state index is -0.270. The Morgan fingerprint density at radius 1 is 1.56 bits per heavy atom. The van der Waals surface area contributed by atoms with E-state index in [1.807, 2.05) is 0 Å². The average molecular weight is 271 g/mol. The molecule has 0 saturated heterocycles. The van der Waals surface area contributed by atoms with Crippen molar-refractivity contribution in [2.24, 2.45) is 5.41 Å². The van der Waals surface area contributed by atoms with Crippen molar-refractivity contribution in [3.63, 3.8) is 0 Å². The number of aromatic nitrogens is 2. The third-order valence-corrected chi connectivity index (χ3v) is 3.86. The molecule has 0 amide bonds. The Bertz CT molecular complexity index is 408. The van der Waals surface area contributed by atoms with E-state index >= 15 is 0 Å². The Balaban J connectivity index is 2.01. The number of hydrogen-bond acceptors (Lipinski definition) is 5. The number of aliphatic hydroxyl groups is 1. The summed E-state index contributed by atoms with van der Waals surface area (Å²) in [6.45, 7) is 2.75. The van der Waals surface area contributed by atoms with Crippen LogP contribution in [0.15, 0.2) is 6.07 Å². The van der Waals surface area contributed by atoms with Crippen LogP contribution in [-0.4, -0.2) is 27.7 Å². The zero-order valence-corrected chi connectivity index (χ0v) is 11.2. The summed E-state index contributed by atoms with van der Waals surface area (Å²) in [5.41, 5.74) is 5.41. The molecule has 1 aliphatic carbocycles. The van der Waals surface area contributed by atoms with Gasteiger partial charge in [0.2, 0.25) is 5.95 Å². The maximum Gasteiger partial charge on any atom is 0.223 e. The van der Waals surface area contributed by atoms with Crippen LogP contribution in [0.2, 0.25) is 5.15 Å². The third-order valence-electron chi connectivity index (χ3n) is 3.67. The van der Waals surface area contributed by atoms with Crippen molar-refractivity contribution in [1.29, 1.82) is 0 Å². The monoisotopic (exact) mass is 270 g/mol. The molecule has 0 bridgehead atoms. The number of anilines is 2. The molecule has 2 atom stereocenters. The molecule has 1 aliphatic rings. The molecule has 18 heavy (non-hydrogen) atoms. The molecule has 0 radical (unpaired) electrons. The second kappa shape index (κ2) is 5.28. The van der Waals surface area contributed by atoms with E-state index in [-0.39, 0.29) is 17.5 Å². The van der Waals surface area contributed by atoms with Crippen LogP contribution in [0.3, 0.4) is 0 Å². The predicted octanol–water partition coefficient (Wildman–Crippen LogP) is 2.07. The highest BCUT2D eigenvalue weighted by atomic mass is 35.5. The van der Waals surface area contributed by atoms with Crippen LogP contribution in [0, 0.1) is 5.41 Å². The van der Waals surface area contributed by atoms with Crippen LogP contribution in [0.5, 0.6) is 0 Å². The van der Waals surface area contributed by atoms with Gasteiger partial charge in [-0.05, 0) is 12.8 Å². The Hall–Kier alpha value is -1.07. The molecule has 0 aliphatic heterocycles. The van der Waals surface area contributed by atoms with Gasteiger partial charge in [-0.25, -0.2) is 4.98 Å². The van der Waals surface area contributed by atoms with Crippen molar-refractivity contribution >= 4 is 23.4 Å².